The van der Waals surface area contributed by atoms with Crippen LogP contribution in [0, 0.1) is 0 Å². The van der Waals surface area contributed by atoms with E-state index in [4.69, 9.17) is 45.9 Å². The fraction of sp³-hybridized carbons (Fsp3) is 0.857. The predicted octanol–water partition coefficient (Wildman–Crippen LogP) is -0.0592. The summed E-state index contributed by atoms with van der Waals surface area (Å²) in [5.74, 6) is -3.03. The second-order valence-corrected chi connectivity index (χ2v) is 19.2. The van der Waals surface area contributed by atoms with Gasteiger partial charge in [0.1, 0.15) is 0 Å². The molecule has 0 saturated carbocycles. The van der Waals surface area contributed by atoms with Crippen LogP contribution in [0.1, 0.15) is 180 Å². The molecule has 0 aliphatic heterocycles. The number of carbonyl (C=O) groups excluding carboxylic acids is 6. The summed E-state index contributed by atoms with van der Waals surface area (Å²) >= 11 is 0. The molecule has 0 aromatic rings. The van der Waals surface area contributed by atoms with Crippen LogP contribution >= 0.6 is 0 Å². The highest BCUT2D eigenvalue weighted by atomic mass is 16.4. The number of rotatable bonds is 48. The van der Waals surface area contributed by atoms with Crippen LogP contribution in [0.4, 0.5) is 0 Å². The Hall–Kier alpha value is -4.03. The summed E-state index contributed by atoms with van der Waals surface area (Å²) in [5, 5.41) is 27.3. The fourth-order valence-electron chi connectivity index (χ4n) is 8.50. The third-order valence-electron chi connectivity index (χ3n) is 12.3. The molecule has 0 aromatic carbocycles. The first-order valence-corrected chi connectivity index (χ1v) is 26.8. The largest absolute Gasteiger partial charge is 0.481 e. The Bertz CT molecular complexity index is 1450. The van der Waals surface area contributed by atoms with Crippen molar-refractivity contribution in [3.8, 4) is 0 Å². The van der Waals surface area contributed by atoms with Crippen molar-refractivity contribution in [2.45, 2.75) is 222 Å². The van der Waals surface area contributed by atoms with Gasteiger partial charge in [-0.3, -0.25) is 33.6 Å². The molecule has 7 atom stereocenters. The first-order chi connectivity index (χ1) is 34.1. The standard InChI is InChI=1S/C49H100N14O8/c50-22-8-1-15-36(57)29-43(64)58-37(16-2-9-23-51)30-44(65)59-38(17-3-10-24-52)31-45(66)60-39(18-4-11-25-53)32-46(67)61-40(19-5-12-26-54)33-47(68)62-41(20-6-13-27-55)34-48(69)63-42(35-49(70)71)21-7-14-28-56/h36-42H,1-35,50-57H2,(H,58,64)(H,59,65)(H,60,66)(H,61,67)(H,62,68)(H,63,69)(H,70,71)/t36-,37-,38-,39-,40-,41-,42-/m0/s1. The van der Waals surface area contributed by atoms with Gasteiger partial charge in [-0.15, -0.1) is 0 Å². The lowest BCUT2D eigenvalue weighted by Gasteiger charge is -2.25. The smallest absolute Gasteiger partial charge is 0.305 e. The topological polar surface area (TPSA) is 420 Å². The normalized spacial score (nSPS) is 14.3. The minimum Gasteiger partial charge on any atom is -0.481 e. The van der Waals surface area contributed by atoms with Crippen molar-refractivity contribution in [2.24, 2.45) is 45.9 Å². The van der Waals surface area contributed by atoms with Gasteiger partial charge in [-0.25, -0.2) is 0 Å². The van der Waals surface area contributed by atoms with Crippen molar-refractivity contribution in [3.05, 3.63) is 0 Å². The van der Waals surface area contributed by atoms with E-state index in [-0.39, 0.29) is 86.4 Å². The molecule has 0 aliphatic carbocycles. The molecule has 0 spiro atoms. The lowest BCUT2D eigenvalue weighted by Crippen LogP contribution is -2.47. The molecule has 23 N–H and O–H groups in total. The number of hydrogen-bond acceptors (Lipinski definition) is 15. The SMILES string of the molecule is NCCCC[C@H](N)CC(=O)N[C@@H](CCCCN)CC(=O)N[C@@H](CCCCN)CC(=O)N[C@@H](CCCCN)CC(=O)N[C@@H](CCCCN)CC(=O)N[C@@H](CCCCN)CC(=O)N[C@@H](CCCCN)CC(=O)O. The van der Waals surface area contributed by atoms with Crippen LogP contribution in [-0.4, -0.2) is 135 Å². The summed E-state index contributed by atoms with van der Waals surface area (Å²) in [7, 11) is 0. The highest BCUT2D eigenvalue weighted by Crippen LogP contribution is 2.14. The van der Waals surface area contributed by atoms with Crippen LogP contribution in [0.2, 0.25) is 0 Å². The van der Waals surface area contributed by atoms with Gasteiger partial charge in [0.15, 0.2) is 0 Å². The van der Waals surface area contributed by atoms with E-state index >= 15 is 0 Å². The van der Waals surface area contributed by atoms with Gasteiger partial charge >= 0.3 is 5.97 Å². The number of unbranched alkanes of at least 4 members (excludes halogenated alkanes) is 7. The molecule has 0 saturated heterocycles. The number of carbonyl (C=O) groups is 7. The summed E-state index contributed by atoms with van der Waals surface area (Å²) in [6.45, 7) is 3.25. The van der Waals surface area contributed by atoms with E-state index in [2.05, 4.69) is 31.9 Å². The minimum atomic E-state index is -1.03. The first kappa shape index (κ1) is 67.0. The van der Waals surface area contributed by atoms with E-state index in [0.717, 1.165) is 19.3 Å². The fourth-order valence-corrected chi connectivity index (χ4v) is 8.50. The number of aliphatic carboxylic acids is 1. The molecule has 22 heteroatoms. The second-order valence-electron chi connectivity index (χ2n) is 19.2. The maximum atomic E-state index is 13.8. The number of amides is 6. The Morgan fingerprint density at radius 2 is 0.465 bits per heavy atom. The van der Waals surface area contributed by atoms with Crippen molar-refractivity contribution >= 4 is 41.4 Å². The quantitative estimate of drug-likeness (QED) is 0.0355. The monoisotopic (exact) mass is 1010 g/mol. The molecule has 0 aliphatic rings. The molecule has 0 rings (SSSR count). The van der Waals surface area contributed by atoms with Crippen LogP contribution in [0.25, 0.3) is 0 Å². The van der Waals surface area contributed by atoms with Crippen molar-refractivity contribution in [1.82, 2.24) is 31.9 Å². The Morgan fingerprint density at radius 3 is 0.662 bits per heavy atom. The summed E-state index contributed by atoms with van der Waals surface area (Å²) in [6.07, 6.45) is 13.0. The molecule has 22 nitrogen and oxygen atoms in total. The van der Waals surface area contributed by atoms with E-state index < -0.39 is 42.2 Å². The summed E-state index contributed by atoms with van der Waals surface area (Å²) in [4.78, 5) is 92.3. The highest BCUT2D eigenvalue weighted by molar-refractivity contribution is 5.84. The molecule has 0 heterocycles. The molecule has 414 valence electrons. The van der Waals surface area contributed by atoms with E-state index in [0.29, 0.717) is 161 Å². The molecule has 0 unspecified atom stereocenters. The van der Waals surface area contributed by atoms with Crippen molar-refractivity contribution < 1.29 is 38.7 Å². The first-order valence-electron chi connectivity index (χ1n) is 26.8. The lowest BCUT2D eigenvalue weighted by molar-refractivity contribution is -0.138. The van der Waals surface area contributed by atoms with Gasteiger partial charge in [0.25, 0.3) is 0 Å². The van der Waals surface area contributed by atoms with Crippen LogP contribution in [0.5, 0.6) is 0 Å². The molecule has 71 heavy (non-hydrogen) atoms. The van der Waals surface area contributed by atoms with Gasteiger partial charge in [0.2, 0.25) is 35.4 Å². The minimum absolute atomic E-state index is 0.00927. The molecule has 0 fully saturated rings. The molecular weight excluding hydrogens is 913 g/mol. The van der Waals surface area contributed by atoms with Crippen molar-refractivity contribution in [2.75, 3.05) is 45.8 Å². The molecule has 0 aromatic heterocycles. The van der Waals surface area contributed by atoms with Gasteiger partial charge in [-0.1, -0.05) is 44.9 Å². The molecular formula is C49H100N14O8. The lowest BCUT2D eigenvalue weighted by atomic mass is 10.0. The number of nitrogens with one attached hydrogen (secondary N) is 6. The van der Waals surface area contributed by atoms with Crippen LogP contribution < -0.4 is 77.8 Å². The number of carboxylic acid groups (broad SMARTS) is 1. The number of carboxylic acids is 1. The third kappa shape index (κ3) is 39.2. The maximum absolute atomic E-state index is 13.8. The third-order valence-corrected chi connectivity index (χ3v) is 12.3. The van der Waals surface area contributed by atoms with Gasteiger partial charge in [-0.2, -0.15) is 0 Å². The number of nitrogens with two attached hydrogens (primary N) is 8. The van der Waals surface area contributed by atoms with E-state index in [9.17, 15) is 38.7 Å². The Kier molecular flexibility index (Phi) is 42.1. The average molecular weight is 1010 g/mol. The molecule has 0 radical (unpaired) electrons. The van der Waals surface area contributed by atoms with E-state index in [1.165, 1.54) is 0 Å². The predicted molar refractivity (Wildman–Crippen MR) is 280 cm³/mol. The Balaban J connectivity index is 5.98. The zero-order valence-corrected chi connectivity index (χ0v) is 43.2. The number of hydrogen-bond donors (Lipinski definition) is 15. The molecule has 6 amide bonds. The zero-order chi connectivity index (χ0) is 53.1. The Labute approximate surface area is 424 Å². The zero-order valence-electron chi connectivity index (χ0n) is 43.2. The van der Waals surface area contributed by atoms with Gasteiger partial charge in [0, 0.05) is 80.8 Å². The highest BCUT2D eigenvalue weighted by Gasteiger charge is 2.26. The molecule has 0 bridgehead atoms. The van der Waals surface area contributed by atoms with Crippen LogP contribution in [0.15, 0.2) is 0 Å². The van der Waals surface area contributed by atoms with Gasteiger partial charge in [0.05, 0.1) is 6.42 Å². The van der Waals surface area contributed by atoms with E-state index in [1.54, 1.807) is 0 Å². The Morgan fingerprint density at radius 1 is 0.282 bits per heavy atom. The summed E-state index contributed by atoms with van der Waals surface area (Å²) in [5.41, 5.74) is 46.2. The maximum Gasteiger partial charge on any atom is 0.305 e. The van der Waals surface area contributed by atoms with Gasteiger partial charge in [-0.05, 0) is 136 Å². The van der Waals surface area contributed by atoms with Crippen molar-refractivity contribution in [1.29, 1.82) is 0 Å². The van der Waals surface area contributed by atoms with Crippen LogP contribution in [-0.2, 0) is 33.6 Å². The second kappa shape index (κ2) is 44.7. The summed E-state index contributed by atoms with van der Waals surface area (Å²) < 4.78 is 0. The van der Waals surface area contributed by atoms with Crippen molar-refractivity contribution in [3.63, 3.8) is 0 Å². The van der Waals surface area contributed by atoms with E-state index in [1.807, 2.05) is 0 Å². The average Bonchev–Trinajstić information content (AvgIpc) is 3.29. The van der Waals surface area contributed by atoms with Gasteiger partial charge < -0.3 is 82.9 Å². The summed E-state index contributed by atoms with van der Waals surface area (Å²) in [6, 6.07) is -3.57. The van der Waals surface area contributed by atoms with Crippen LogP contribution in [0.3, 0.4) is 0 Å².